The molecule has 1 saturated heterocycles. The maximum absolute atomic E-state index is 9.46. The summed E-state index contributed by atoms with van der Waals surface area (Å²) in [5.41, 5.74) is 1.01. The number of ether oxygens (including phenoxy) is 1. The lowest BCUT2D eigenvalue weighted by molar-refractivity contribution is 0.102. The fourth-order valence-corrected chi connectivity index (χ4v) is 1.82. The lowest BCUT2D eigenvalue weighted by Crippen LogP contribution is -2.43. The fourth-order valence-electron chi connectivity index (χ4n) is 1.82. The molecule has 5 heteroatoms. The van der Waals surface area contributed by atoms with Crippen molar-refractivity contribution >= 4 is 5.69 Å². The predicted molar refractivity (Wildman–Crippen MR) is 69.9 cm³/mol. The first-order valence-corrected chi connectivity index (χ1v) is 6.44. The summed E-state index contributed by atoms with van der Waals surface area (Å²) < 4.78 is 5.47. The SMILES string of the molecule is CC[C@H](O)COc1cc(N2CCNCC2)[c]cn1. The highest BCUT2D eigenvalue weighted by molar-refractivity contribution is 5.47. The highest BCUT2D eigenvalue weighted by atomic mass is 16.5. The van der Waals surface area contributed by atoms with E-state index in [2.05, 4.69) is 21.3 Å². The van der Waals surface area contributed by atoms with E-state index in [0.717, 1.165) is 31.9 Å². The van der Waals surface area contributed by atoms with Crippen LogP contribution in [0, 0.1) is 6.07 Å². The van der Waals surface area contributed by atoms with Crippen LogP contribution in [-0.2, 0) is 0 Å². The molecule has 1 fully saturated rings. The molecule has 99 valence electrons. The molecule has 0 saturated carbocycles. The Labute approximate surface area is 108 Å². The molecule has 0 amide bonds. The van der Waals surface area contributed by atoms with Gasteiger partial charge in [0, 0.05) is 44.5 Å². The van der Waals surface area contributed by atoms with E-state index in [-0.39, 0.29) is 6.61 Å². The van der Waals surface area contributed by atoms with E-state index in [1.165, 1.54) is 0 Å². The second-order valence-electron chi connectivity index (χ2n) is 4.38. The van der Waals surface area contributed by atoms with E-state index in [9.17, 15) is 5.11 Å². The van der Waals surface area contributed by atoms with Gasteiger partial charge in [0.1, 0.15) is 6.61 Å². The van der Waals surface area contributed by atoms with E-state index < -0.39 is 6.10 Å². The van der Waals surface area contributed by atoms with Crippen molar-refractivity contribution in [3.63, 3.8) is 0 Å². The Kier molecular flexibility index (Phi) is 4.78. The van der Waals surface area contributed by atoms with Gasteiger partial charge in [0.2, 0.25) is 5.88 Å². The number of hydrogen-bond acceptors (Lipinski definition) is 5. The maximum atomic E-state index is 9.46. The molecule has 18 heavy (non-hydrogen) atoms. The first-order valence-electron chi connectivity index (χ1n) is 6.44. The Bertz CT molecular complexity index is 367. The minimum absolute atomic E-state index is 0.286. The molecule has 0 bridgehead atoms. The number of aliphatic hydroxyl groups is 1. The van der Waals surface area contributed by atoms with E-state index in [1.54, 1.807) is 6.20 Å². The highest BCUT2D eigenvalue weighted by Gasteiger charge is 2.12. The summed E-state index contributed by atoms with van der Waals surface area (Å²) >= 11 is 0. The molecule has 1 aliphatic rings. The van der Waals surface area contributed by atoms with Crippen molar-refractivity contribution in [1.82, 2.24) is 10.3 Å². The zero-order chi connectivity index (χ0) is 12.8. The first kappa shape index (κ1) is 13.1. The minimum atomic E-state index is -0.432. The van der Waals surface area contributed by atoms with Crippen molar-refractivity contribution in [1.29, 1.82) is 0 Å². The number of nitrogens with zero attached hydrogens (tertiary/aromatic N) is 2. The summed E-state index contributed by atoms with van der Waals surface area (Å²) in [6.45, 7) is 6.12. The molecule has 0 aromatic carbocycles. The Morgan fingerprint density at radius 2 is 2.33 bits per heavy atom. The van der Waals surface area contributed by atoms with Gasteiger partial charge in [0.25, 0.3) is 0 Å². The molecule has 0 aliphatic carbocycles. The molecule has 0 unspecified atom stereocenters. The van der Waals surface area contributed by atoms with E-state index >= 15 is 0 Å². The summed E-state index contributed by atoms with van der Waals surface area (Å²) in [5.74, 6) is 0.551. The van der Waals surface area contributed by atoms with Gasteiger partial charge in [-0.1, -0.05) is 6.92 Å². The number of pyridine rings is 1. The molecule has 2 heterocycles. The van der Waals surface area contributed by atoms with Crippen LogP contribution >= 0.6 is 0 Å². The van der Waals surface area contributed by atoms with Gasteiger partial charge in [-0.2, -0.15) is 0 Å². The van der Waals surface area contributed by atoms with Crippen molar-refractivity contribution in [3.8, 4) is 5.88 Å². The van der Waals surface area contributed by atoms with E-state index in [1.807, 2.05) is 13.0 Å². The third kappa shape index (κ3) is 3.58. The Morgan fingerprint density at radius 1 is 1.56 bits per heavy atom. The Balaban J connectivity index is 1.96. The topological polar surface area (TPSA) is 57.6 Å². The van der Waals surface area contributed by atoms with Gasteiger partial charge < -0.3 is 20.1 Å². The zero-order valence-electron chi connectivity index (χ0n) is 10.7. The Hall–Kier alpha value is -1.33. The normalized spacial score (nSPS) is 17.6. The predicted octanol–water partition coefficient (Wildman–Crippen LogP) is 0.441. The van der Waals surface area contributed by atoms with Crippen LogP contribution in [0.25, 0.3) is 0 Å². The van der Waals surface area contributed by atoms with Gasteiger partial charge in [0.15, 0.2) is 0 Å². The molecule has 1 aliphatic heterocycles. The van der Waals surface area contributed by atoms with Crippen molar-refractivity contribution in [2.45, 2.75) is 19.4 Å². The molecule has 2 N–H and O–H groups in total. The van der Waals surface area contributed by atoms with E-state index in [0.29, 0.717) is 12.3 Å². The van der Waals surface area contributed by atoms with E-state index in [4.69, 9.17) is 4.74 Å². The lowest BCUT2D eigenvalue weighted by atomic mass is 10.3. The number of aromatic nitrogens is 1. The molecule has 0 spiro atoms. The number of rotatable bonds is 5. The van der Waals surface area contributed by atoms with Crippen LogP contribution in [0.4, 0.5) is 5.69 Å². The maximum Gasteiger partial charge on any atom is 0.215 e. The van der Waals surface area contributed by atoms with Crippen LogP contribution in [0.5, 0.6) is 5.88 Å². The quantitative estimate of drug-likeness (QED) is 0.794. The average molecular weight is 250 g/mol. The molecule has 1 atom stereocenters. The van der Waals surface area contributed by atoms with Gasteiger partial charge in [0.05, 0.1) is 11.8 Å². The molecule has 1 radical (unpaired) electrons. The van der Waals surface area contributed by atoms with Crippen molar-refractivity contribution in [2.75, 3.05) is 37.7 Å². The highest BCUT2D eigenvalue weighted by Crippen LogP contribution is 2.18. The van der Waals surface area contributed by atoms with Crippen molar-refractivity contribution in [2.24, 2.45) is 0 Å². The molecule has 1 aromatic rings. The number of nitrogens with one attached hydrogen (secondary N) is 1. The first-order chi connectivity index (χ1) is 8.79. The standard InChI is InChI=1S/C13H20N3O2/c1-2-12(17)10-18-13-9-11(3-4-15-13)16-7-5-14-6-8-16/h4,9,12,14,17H,2,5-8,10H2,1H3/t12-/m0/s1. The fraction of sp³-hybridized carbons (Fsp3) is 0.615. The average Bonchev–Trinajstić information content (AvgIpc) is 2.46. The lowest BCUT2D eigenvalue weighted by Gasteiger charge is -2.29. The van der Waals surface area contributed by atoms with Crippen LogP contribution in [0.1, 0.15) is 13.3 Å². The van der Waals surface area contributed by atoms with Gasteiger partial charge in [-0.3, -0.25) is 0 Å². The van der Waals surface area contributed by atoms with Crippen LogP contribution < -0.4 is 15.0 Å². The molecular formula is C13H20N3O2. The second-order valence-corrected chi connectivity index (χ2v) is 4.38. The third-order valence-corrected chi connectivity index (χ3v) is 3.02. The number of anilines is 1. The second kappa shape index (κ2) is 6.56. The zero-order valence-corrected chi connectivity index (χ0v) is 10.7. The minimum Gasteiger partial charge on any atom is -0.475 e. The monoisotopic (exact) mass is 250 g/mol. The van der Waals surface area contributed by atoms with Gasteiger partial charge in [-0.15, -0.1) is 0 Å². The van der Waals surface area contributed by atoms with Crippen molar-refractivity contribution in [3.05, 3.63) is 18.3 Å². The summed E-state index contributed by atoms with van der Waals surface area (Å²) in [7, 11) is 0. The molecule has 5 nitrogen and oxygen atoms in total. The number of aliphatic hydroxyl groups excluding tert-OH is 1. The van der Waals surface area contributed by atoms with Crippen LogP contribution in [-0.4, -0.2) is 49.0 Å². The Morgan fingerprint density at radius 3 is 3.06 bits per heavy atom. The van der Waals surface area contributed by atoms with Crippen LogP contribution in [0.15, 0.2) is 12.3 Å². The smallest absolute Gasteiger partial charge is 0.215 e. The van der Waals surface area contributed by atoms with Crippen molar-refractivity contribution < 1.29 is 9.84 Å². The summed E-state index contributed by atoms with van der Waals surface area (Å²) in [4.78, 5) is 6.36. The summed E-state index contributed by atoms with van der Waals surface area (Å²) in [5, 5.41) is 12.8. The molecule has 1 aromatic heterocycles. The van der Waals surface area contributed by atoms with Gasteiger partial charge in [-0.25, -0.2) is 4.98 Å². The molecule has 2 rings (SSSR count). The third-order valence-electron chi connectivity index (χ3n) is 3.02. The number of piperazine rings is 1. The molecular weight excluding hydrogens is 230 g/mol. The van der Waals surface area contributed by atoms with Gasteiger partial charge in [-0.05, 0) is 6.42 Å². The summed E-state index contributed by atoms with van der Waals surface area (Å²) in [6.07, 6.45) is 1.88. The van der Waals surface area contributed by atoms with Crippen LogP contribution in [0.2, 0.25) is 0 Å². The van der Waals surface area contributed by atoms with Crippen LogP contribution in [0.3, 0.4) is 0 Å². The largest absolute Gasteiger partial charge is 0.475 e. The summed E-state index contributed by atoms with van der Waals surface area (Å²) in [6, 6.07) is 5.01. The number of hydrogen-bond donors (Lipinski definition) is 2. The van der Waals surface area contributed by atoms with Gasteiger partial charge >= 0.3 is 0 Å².